The van der Waals surface area contributed by atoms with Crippen LogP contribution in [0.2, 0.25) is 0 Å². The van der Waals surface area contributed by atoms with Crippen molar-refractivity contribution in [2.45, 2.75) is 47.7 Å². The van der Waals surface area contributed by atoms with Gasteiger partial charge in [-0.2, -0.15) is 18.1 Å². The fourth-order valence-electron chi connectivity index (χ4n) is 2.23. The van der Waals surface area contributed by atoms with Crippen molar-refractivity contribution in [3.05, 3.63) is 29.8 Å². The van der Waals surface area contributed by atoms with Gasteiger partial charge in [-0.1, -0.05) is 17.8 Å². The van der Waals surface area contributed by atoms with Gasteiger partial charge in [0.1, 0.15) is 0 Å². The van der Waals surface area contributed by atoms with Crippen LogP contribution in [-0.4, -0.2) is 11.0 Å². The number of rotatable bonds is 3. The van der Waals surface area contributed by atoms with Crippen molar-refractivity contribution in [3.8, 4) is 0 Å². The second kappa shape index (κ2) is 5.91. The van der Waals surface area contributed by atoms with E-state index < -0.39 is 16.7 Å². The second-order valence-electron chi connectivity index (χ2n) is 4.95. The van der Waals surface area contributed by atoms with Gasteiger partial charge in [0.25, 0.3) is 0 Å². The third-order valence-corrected chi connectivity index (χ3v) is 4.73. The lowest BCUT2D eigenvalue weighted by Gasteiger charge is -2.34. The number of alkyl halides is 3. The van der Waals surface area contributed by atoms with Gasteiger partial charge in [0, 0.05) is 10.9 Å². The molecule has 0 aliphatic heterocycles. The maximum atomic E-state index is 12.9. The van der Waals surface area contributed by atoms with Crippen LogP contribution < -0.4 is 5.73 Å². The molecule has 0 atom stereocenters. The summed E-state index contributed by atoms with van der Waals surface area (Å²) in [5.41, 5.74) is 5.00. The molecule has 0 heterocycles. The van der Waals surface area contributed by atoms with E-state index in [2.05, 4.69) is 4.94 Å². The third-order valence-electron chi connectivity index (χ3n) is 3.40. The number of nitrogens with two attached hydrogens (primary N) is 1. The maximum Gasteiger partial charge on any atom is 0.416 e. The van der Waals surface area contributed by atoms with Crippen molar-refractivity contribution < 1.29 is 22.6 Å². The first-order chi connectivity index (χ1) is 9.35. The first kappa shape index (κ1) is 15.6. The average molecular weight is 309 g/mol. The van der Waals surface area contributed by atoms with E-state index in [4.69, 9.17) is 5.73 Å². The highest BCUT2D eigenvalue weighted by molar-refractivity contribution is 8.00. The zero-order valence-corrected chi connectivity index (χ0v) is 11.4. The molecular weight excluding hydrogens is 294 g/mol. The molecule has 112 valence electrons. The SMILES string of the molecule is NC1CCC(OF)(Sc2cccc(C(F)(F)F)c2)CC1. The molecule has 1 saturated carbocycles. The second-order valence-corrected chi connectivity index (χ2v) is 6.37. The summed E-state index contributed by atoms with van der Waals surface area (Å²) in [6.45, 7) is 0. The fourth-order valence-corrected chi connectivity index (χ4v) is 3.46. The van der Waals surface area contributed by atoms with E-state index in [0.29, 0.717) is 30.6 Å². The number of thioether (sulfide) groups is 1. The molecule has 0 amide bonds. The summed E-state index contributed by atoms with van der Waals surface area (Å²) in [6.07, 6.45) is -2.46. The van der Waals surface area contributed by atoms with Gasteiger partial charge in [-0.3, -0.25) is 0 Å². The lowest BCUT2D eigenvalue weighted by atomic mass is 9.93. The first-order valence-corrected chi connectivity index (χ1v) is 7.08. The smallest absolute Gasteiger partial charge is 0.328 e. The molecule has 0 aromatic heterocycles. The van der Waals surface area contributed by atoms with E-state index in [1.807, 2.05) is 0 Å². The molecule has 0 radical (unpaired) electrons. The van der Waals surface area contributed by atoms with E-state index >= 15 is 0 Å². The Morgan fingerprint density at radius 2 is 1.90 bits per heavy atom. The van der Waals surface area contributed by atoms with Crippen molar-refractivity contribution in [2.75, 3.05) is 0 Å². The van der Waals surface area contributed by atoms with Crippen molar-refractivity contribution in [1.82, 2.24) is 0 Å². The Balaban J connectivity index is 2.16. The van der Waals surface area contributed by atoms with E-state index in [1.165, 1.54) is 12.1 Å². The Hall–Kier alpha value is -0.790. The third kappa shape index (κ3) is 3.65. The molecule has 1 aliphatic rings. The van der Waals surface area contributed by atoms with E-state index in [-0.39, 0.29) is 6.04 Å². The molecule has 2 rings (SSSR count). The van der Waals surface area contributed by atoms with Crippen LogP contribution in [0.3, 0.4) is 0 Å². The molecule has 20 heavy (non-hydrogen) atoms. The largest absolute Gasteiger partial charge is 0.416 e. The molecule has 1 aromatic carbocycles. The predicted octanol–water partition coefficient (Wildman–Crippen LogP) is 4.30. The molecular formula is C13H15F4NOS. The van der Waals surface area contributed by atoms with Crippen LogP contribution >= 0.6 is 11.8 Å². The lowest BCUT2D eigenvalue weighted by molar-refractivity contribution is -0.205. The van der Waals surface area contributed by atoms with Crippen LogP contribution in [0.5, 0.6) is 0 Å². The molecule has 1 aromatic rings. The molecule has 1 fully saturated rings. The van der Waals surface area contributed by atoms with Gasteiger partial charge in [0.05, 0.1) is 5.56 Å². The molecule has 0 spiro atoms. The summed E-state index contributed by atoms with van der Waals surface area (Å²) < 4.78 is 50.8. The Bertz CT molecular complexity index is 458. The Morgan fingerprint density at radius 3 is 2.45 bits per heavy atom. The molecule has 2 N–H and O–H groups in total. The Kier molecular flexibility index (Phi) is 4.61. The number of hydrogen-bond acceptors (Lipinski definition) is 3. The fraction of sp³-hybridized carbons (Fsp3) is 0.538. The summed E-state index contributed by atoms with van der Waals surface area (Å²) in [4.78, 5) is 3.30. The number of hydrogen-bond donors (Lipinski definition) is 1. The van der Waals surface area contributed by atoms with Crippen LogP contribution in [0.15, 0.2) is 29.2 Å². The van der Waals surface area contributed by atoms with Crippen LogP contribution in [0, 0.1) is 0 Å². The predicted molar refractivity (Wildman–Crippen MR) is 68.7 cm³/mol. The van der Waals surface area contributed by atoms with Crippen LogP contribution in [0.1, 0.15) is 31.2 Å². The van der Waals surface area contributed by atoms with Crippen molar-refractivity contribution >= 4 is 11.8 Å². The number of benzene rings is 1. The van der Waals surface area contributed by atoms with Gasteiger partial charge in [0.15, 0.2) is 4.93 Å². The minimum absolute atomic E-state index is 0.000356. The maximum absolute atomic E-state index is 12.9. The van der Waals surface area contributed by atoms with Gasteiger partial charge >= 0.3 is 6.18 Å². The van der Waals surface area contributed by atoms with Gasteiger partial charge in [-0.25, -0.2) is 0 Å². The molecule has 1 aliphatic carbocycles. The molecule has 2 nitrogen and oxygen atoms in total. The average Bonchev–Trinajstić information content (AvgIpc) is 2.41. The highest BCUT2D eigenvalue weighted by atomic mass is 32.2. The van der Waals surface area contributed by atoms with Crippen LogP contribution in [-0.2, 0) is 11.1 Å². The van der Waals surface area contributed by atoms with E-state index in [0.717, 1.165) is 23.9 Å². The summed E-state index contributed by atoms with van der Waals surface area (Å²) in [5.74, 6) is 0. The lowest BCUT2D eigenvalue weighted by Crippen LogP contribution is -2.37. The van der Waals surface area contributed by atoms with Crippen molar-refractivity contribution in [1.29, 1.82) is 0 Å². The van der Waals surface area contributed by atoms with Crippen molar-refractivity contribution in [3.63, 3.8) is 0 Å². The molecule has 0 bridgehead atoms. The summed E-state index contributed by atoms with van der Waals surface area (Å²) >= 11 is 0.992. The van der Waals surface area contributed by atoms with Crippen molar-refractivity contribution in [2.24, 2.45) is 5.73 Å². The van der Waals surface area contributed by atoms with Crippen LogP contribution in [0.4, 0.5) is 17.7 Å². The molecule has 7 heteroatoms. The zero-order valence-electron chi connectivity index (χ0n) is 10.6. The minimum atomic E-state index is -4.41. The van der Waals surface area contributed by atoms with Gasteiger partial charge < -0.3 is 5.73 Å². The summed E-state index contributed by atoms with van der Waals surface area (Å²) in [6, 6.07) is 4.84. The van der Waals surface area contributed by atoms with E-state index in [1.54, 1.807) is 0 Å². The normalized spacial score (nSPS) is 27.6. The topological polar surface area (TPSA) is 35.2 Å². The standard InChI is InChI=1S/C13H15F4NOS/c14-13(15,16)9-2-1-3-11(8-9)20-12(19-17)6-4-10(18)5-7-12/h1-3,8,10H,4-7,18H2. The summed E-state index contributed by atoms with van der Waals surface area (Å²) in [5, 5.41) is 0. The molecule has 0 unspecified atom stereocenters. The number of halogens is 4. The zero-order chi connectivity index (χ0) is 14.8. The monoisotopic (exact) mass is 309 g/mol. The highest BCUT2D eigenvalue weighted by Crippen LogP contribution is 2.45. The van der Waals surface area contributed by atoms with Gasteiger partial charge in [-0.15, -0.1) is 0 Å². The Labute approximate surface area is 118 Å². The Morgan fingerprint density at radius 1 is 1.25 bits per heavy atom. The quantitative estimate of drug-likeness (QED) is 0.668. The first-order valence-electron chi connectivity index (χ1n) is 6.26. The van der Waals surface area contributed by atoms with Gasteiger partial charge in [0.2, 0.25) is 0 Å². The van der Waals surface area contributed by atoms with Gasteiger partial charge in [-0.05, 0) is 48.4 Å². The highest BCUT2D eigenvalue weighted by Gasteiger charge is 2.38. The molecule has 0 saturated heterocycles. The van der Waals surface area contributed by atoms with Crippen LogP contribution in [0.25, 0.3) is 0 Å². The van der Waals surface area contributed by atoms with E-state index in [9.17, 15) is 17.7 Å². The summed E-state index contributed by atoms with van der Waals surface area (Å²) in [7, 11) is 0. The minimum Gasteiger partial charge on any atom is -0.328 e.